The second-order valence-corrected chi connectivity index (χ2v) is 5.26. The highest BCUT2D eigenvalue weighted by Gasteiger charge is 2.36. The van der Waals surface area contributed by atoms with Crippen LogP contribution >= 0.6 is 0 Å². The number of Topliss-reactive ketones (excluding diaryl/α,β-unsaturated/α-hetero) is 2. The molecule has 0 spiro atoms. The average molecular weight is 273 g/mol. The fraction of sp³-hybridized carbons (Fsp3) is 0.438. The summed E-state index contributed by atoms with van der Waals surface area (Å²) in [6.45, 7) is 6.04. The molecule has 1 heterocycles. The number of carbonyl (C=O) groups is 3. The lowest BCUT2D eigenvalue weighted by Crippen LogP contribution is -2.30. The minimum absolute atomic E-state index is 0.184. The van der Waals surface area contributed by atoms with Crippen LogP contribution in [0.25, 0.3) is 0 Å². The minimum Gasteiger partial charge on any atom is -0.305 e. The standard InChI is InChI=1S/C16H19NO3/c1-4-12(18)6-5-7-17-13-9-10(2)8-11(3)14(13)15(19)16(17)20/h8-9H,4-7H2,1-3H3. The number of benzene rings is 1. The molecule has 0 fully saturated rings. The zero-order valence-electron chi connectivity index (χ0n) is 12.2. The Morgan fingerprint density at radius 1 is 1.20 bits per heavy atom. The van der Waals surface area contributed by atoms with Crippen molar-refractivity contribution in [2.75, 3.05) is 11.4 Å². The van der Waals surface area contributed by atoms with E-state index in [2.05, 4.69) is 0 Å². The van der Waals surface area contributed by atoms with Crippen molar-refractivity contribution < 1.29 is 14.4 Å². The number of hydrogen-bond acceptors (Lipinski definition) is 3. The van der Waals surface area contributed by atoms with E-state index in [-0.39, 0.29) is 5.78 Å². The second-order valence-electron chi connectivity index (χ2n) is 5.26. The van der Waals surface area contributed by atoms with Crippen LogP contribution in [0.2, 0.25) is 0 Å². The van der Waals surface area contributed by atoms with Crippen LogP contribution in [0.15, 0.2) is 12.1 Å². The molecule has 20 heavy (non-hydrogen) atoms. The van der Waals surface area contributed by atoms with Crippen LogP contribution in [0.3, 0.4) is 0 Å². The number of ketones is 2. The van der Waals surface area contributed by atoms with Gasteiger partial charge in [-0.2, -0.15) is 0 Å². The second kappa shape index (κ2) is 5.57. The summed E-state index contributed by atoms with van der Waals surface area (Å²) >= 11 is 0. The van der Waals surface area contributed by atoms with Gasteiger partial charge in [0.2, 0.25) is 0 Å². The maximum Gasteiger partial charge on any atom is 0.299 e. The molecule has 0 saturated carbocycles. The molecule has 0 saturated heterocycles. The summed E-state index contributed by atoms with van der Waals surface area (Å²) in [6, 6.07) is 3.78. The van der Waals surface area contributed by atoms with Gasteiger partial charge in [0.25, 0.3) is 11.7 Å². The third kappa shape index (κ3) is 2.50. The smallest absolute Gasteiger partial charge is 0.299 e. The molecular formula is C16H19NO3. The van der Waals surface area contributed by atoms with Gasteiger partial charge >= 0.3 is 0 Å². The summed E-state index contributed by atoms with van der Waals surface area (Å²) in [4.78, 5) is 36.9. The molecule has 0 radical (unpaired) electrons. The number of anilines is 1. The SMILES string of the molecule is CCC(=O)CCCN1C(=O)C(=O)c2c(C)cc(C)cc21. The predicted molar refractivity (Wildman–Crippen MR) is 77.1 cm³/mol. The van der Waals surface area contributed by atoms with Gasteiger partial charge in [-0.25, -0.2) is 0 Å². The van der Waals surface area contributed by atoms with Gasteiger partial charge in [0.05, 0.1) is 11.3 Å². The molecule has 1 aromatic rings. The molecule has 4 nitrogen and oxygen atoms in total. The Labute approximate surface area is 118 Å². The summed E-state index contributed by atoms with van der Waals surface area (Å²) in [6.07, 6.45) is 1.56. The van der Waals surface area contributed by atoms with Gasteiger partial charge in [0.1, 0.15) is 5.78 Å². The Morgan fingerprint density at radius 2 is 1.90 bits per heavy atom. The third-order valence-electron chi connectivity index (χ3n) is 3.65. The molecule has 1 amide bonds. The van der Waals surface area contributed by atoms with E-state index in [1.54, 1.807) is 0 Å². The lowest BCUT2D eigenvalue weighted by molar-refractivity contribution is -0.119. The van der Waals surface area contributed by atoms with Gasteiger partial charge in [-0.15, -0.1) is 0 Å². The van der Waals surface area contributed by atoms with Crippen molar-refractivity contribution in [1.82, 2.24) is 0 Å². The van der Waals surface area contributed by atoms with Crippen LogP contribution in [0.4, 0.5) is 5.69 Å². The lowest BCUT2D eigenvalue weighted by Gasteiger charge is -2.17. The maximum atomic E-state index is 12.1. The Hall–Kier alpha value is -1.97. The van der Waals surface area contributed by atoms with Crippen molar-refractivity contribution in [3.8, 4) is 0 Å². The molecule has 2 rings (SSSR count). The highest BCUT2D eigenvalue weighted by molar-refractivity contribution is 6.52. The summed E-state index contributed by atoms with van der Waals surface area (Å²) in [5, 5.41) is 0. The molecular weight excluding hydrogens is 254 g/mol. The monoisotopic (exact) mass is 273 g/mol. The Bertz CT molecular complexity index is 590. The predicted octanol–water partition coefficient (Wildman–Crippen LogP) is 2.59. The van der Waals surface area contributed by atoms with Crippen molar-refractivity contribution in [1.29, 1.82) is 0 Å². The first-order valence-corrected chi connectivity index (χ1v) is 6.94. The molecule has 0 N–H and O–H groups in total. The van der Waals surface area contributed by atoms with Gasteiger partial charge in [-0.1, -0.05) is 13.0 Å². The normalized spacial score (nSPS) is 13.8. The summed E-state index contributed by atoms with van der Waals surface area (Å²) in [5.74, 6) is -0.722. The fourth-order valence-electron chi connectivity index (χ4n) is 2.63. The molecule has 1 aliphatic heterocycles. The first-order chi connectivity index (χ1) is 9.45. The third-order valence-corrected chi connectivity index (χ3v) is 3.65. The van der Waals surface area contributed by atoms with E-state index in [1.165, 1.54) is 4.90 Å². The number of amides is 1. The molecule has 0 aliphatic carbocycles. The van der Waals surface area contributed by atoms with E-state index in [0.717, 1.165) is 11.1 Å². The Morgan fingerprint density at radius 3 is 2.55 bits per heavy atom. The zero-order valence-corrected chi connectivity index (χ0v) is 12.2. The Kier molecular flexibility index (Phi) is 4.02. The van der Waals surface area contributed by atoms with Crippen molar-refractivity contribution in [2.45, 2.75) is 40.0 Å². The molecule has 4 heteroatoms. The summed E-state index contributed by atoms with van der Waals surface area (Å²) < 4.78 is 0. The summed E-state index contributed by atoms with van der Waals surface area (Å²) in [5.41, 5.74) is 3.08. The first kappa shape index (κ1) is 14.4. The van der Waals surface area contributed by atoms with Gasteiger partial charge in [0, 0.05) is 19.4 Å². The fourth-order valence-corrected chi connectivity index (χ4v) is 2.63. The van der Waals surface area contributed by atoms with Crippen LogP contribution < -0.4 is 4.90 Å². The van der Waals surface area contributed by atoms with E-state index < -0.39 is 11.7 Å². The van der Waals surface area contributed by atoms with Crippen molar-refractivity contribution in [2.24, 2.45) is 0 Å². The number of rotatable bonds is 5. The van der Waals surface area contributed by atoms with Crippen molar-refractivity contribution in [3.05, 3.63) is 28.8 Å². The van der Waals surface area contributed by atoms with Crippen molar-refractivity contribution >= 4 is 23.2 Å². The quantitative estimate of drug-likeness (QED) is 0.775. The van der Waals surface area contributed by atoms with E-state index in [0.29, 0.717) is 37.1 Å². The van der Waals surface area contributed by atoms with Crippen LogP contribution in [0.5, 0.6) is 0 Å². The van der Waals surface area contributed by atoms with Crippen molar-refractivity contribution in [3.63, 3.8) is 0 Å². The van der Waals surface area contributed by atoms with E-state index >= 15 is 0 Å². The van der Waals surface area contributed by atoms with Gasteiger partial charge in [-0.3, -0.25) is 14.4 Å². The average Bonchev–Trinajstić information content (AvgIpc) is 2.63. The van der Waals surface area contributed by atoms with E-state index in [4.69, 9.17) is 0 Å². The number of aryl methyl sites for hydroxylation is 2. The minimum atomic E-state index is -0.474. The number of hydrogen-bond donors (Lipinski definition) is 0. The highest BCUT2D eigenvalue weighted by Crippen LogP contribution is 2.32. The lowest BCUT2D eigenvalue weighted by atomic mass is 10.0. The van der Waals surface area contributed by atoms with Crippen LogP contribution in [0.1, 0.15) is 47.7 Å². The molecule has 0 aromatic heterocycles. The molecule has 0 unspecified atom stereocenters. The maximum absolute atomic E-state index is 12.1. The molecule has 106 valence electrons. The summed E-state index contributed by atoms with van der Waals surface area (Å²) in [7, 11) is 0. The molecule has 1 aromatic carbocycles. The zero-order chi connectivity index (χ0) is 14.9. The van der Waals surface area contributed by atoms with Gasteiger partial charge < -0.3 is 4.90 Å². The van der Waals surface area contributed by atoms with Gasteiger partial charge in [-0.05, 0) is 37.5 Å². The first-order valence-electron chi connectivity index (χ1n) is 6.94. The van der Waals surface area contributed by atoms with E-state index in [1.807, 2.05) is 32.9 Å². The molecule has 1 aliphatic rings. The van der Waals surface area contributed by atoms with E-state index in [9.17, 15) is 14.4 Å². The molecule has 0 atom stereocenters. The largest absolute Gasteiger partial charge is 0.305 e. The highest BCUT2D eigenvalue weighted by atomic mass is 16.2. The molecule has 0 bridgehead atoms. The topological polar surface area (TPSA) is 54.5 Å². The van der Waals surface area contributed by atoms with Gasteiger partial charge in [0.15, 0.2) is 0 Å². The Balaban J connectivity index is 2.22. The van der Waals surface area contributed by atoms with Crippen LogP contribution in [-0.4, -0.2) is 24.0 Å². The number of carbonyl (C=O) groups excluding carboxylic acids is 3. The number of nitrogens with zero attached hydrogens (tertiary/aromatic N) is 1. The number of fused-ring (bicyclic) bond motifs is 1. The van der Waals surface area contributed by atoms with Crippen LogP contribution in [-0.2, 0) is 9.59 Å². The van der Waals surface area contributed by atoms with Crippen LogP contribution in [0, 0.1) is 13.8 Å².